The Morgan fingerprint density at radius 1 is 1.19 bits per heavy atom. The van der Waals surface area contributed by atoms with Crippen molar-refractivity contribution in [3.05, 3.63) is 42.5 Å². The number of rotatable bonds is 5. The standard InChI is InChI=1S/C16H17N3OS/c1-2-10-20-13-8-5-9-14(15(13)17)21-16-18-11-6-3-4-7-12(11)19-16/h3-9H,2,10,17H2,1H3,(H,18,19). The minimum Gasteiger partial charge on any atom is -0.491 e. The van der Waals surface area contributed by atoms with Gasteiger partial charge in [0.2, 0.25) is 0 Å². The first-order valence-corrected chi connectivity index (χ1v) is 7.73. The summed E-state index contributed by atoms with van der Waals surface area (Å²) >= 11 is 1.52. The molecule has 0 unspecified atom stereocenters. The number of hydrogen-bond donors (Lipinski definition) is 2. The molecule has 3 aromatic rings. The SMILES string of the molecule is CCCOc1cccc(Sc2nc3ccccc3[nH]2)c1N. The van der Waals surface area contributed by atoms with Crippen molar-refractivity contribution in [3.63, 3.8) is 0 Å². The van der Waals surface area contributed by atoms with Crippen LogP contribution in [0.1, 0.15) is 13.3 Å². The van der Waals surface area contributed by atoms with Gasteiger partial charge in [-0.1, -0.05) is 25.1 Å². The summed E-state index contributed by atoms with van der Waals surface area (Å²) in [7, 11) is 0. The normalized spacial score (nSPS) is 10.9. The summed E-state index contributed by atoms with van der Waals surface area (Å²) in [5.74, 6) is 0.734. The minimum absolute atomic E-state index is 0.663. The molecule has 0 amide bonds. The average Bonchev–Trinajstić information content (AvgIpc) is 2.90. The van der Waals surface area contributed by atoms with Crippen LogP contribution in [-0.4, -0.2) is 16.6 Å². The van der Waals surface area contributed by atoms with E-state index in [-0.39, 0.29) is 0 Å². The lowest BCUT2D eigenvalue weighted by Gasteiger charge is -2.10. The molecule has 108 valence electrons. The van der Waals surface area contributed by atoms with E-state index in [1.54, 1.807) is 0 Å². The number of benzene rings is 2. The van der Waals surface area contributed by atoms with Crippen LogP contribution < -0.4 is 10.5 Å². The fourth-order valence-electron chi connectivity index (χ4n) is 2.03. The van der Waals surface area contributed by atoms with Crippen molar-refractivity contribution in [2.45, 2.75) is 23.4 Å². The molecule has 2 aromatic carbocycles. The fourth-order valence-corrected chi connectivity index (χ4v) is 2.90. The van der Waals surface area contributed by atoms with Gasteiger partial charge in [-0.05, 0) is 42.4 Å². The molecule has 0 spiro atoms. The molecule has 0 aliphatic carbocycles. The van der Waals surface area contributed by atoms with Crippen LogP contribution in [0.4, 0.5) is 5.69 Å². The van der Waals surface area contributed by atoms with E-state index >= 15 is 0 Å². The average molecular weight is 299 g/mol. The molecule has 3 rings (SSSR count). The topological polar surface area (TPSA) is 63.9 Å². The lowest BCUT2D eigenvalue weighted by atomic mass is 10.3. The highest BCUT2D eigenvalue weighted by molar-refractivity contribution is 7.99. The smallest absolute Gasteiger partial charge is 0.171 e. The van der Waals surface area contributed by atoms with Crippen LogP contribution in [0.3, 0.4) is 0 Å². The van der Waals surface area contributed by atoms with Crippen molar-refractivity contribution in [2.75, 3.05) is 12.3 Å². The molecular formula is C16H17N3OS. The number of para-hydroxylation sites is 3. The van der Waals surface area contributed by atoms with Gasteiger partial charge in [0.15, 0.2) is 5.16 Å². The third kappa shape index (κ3) is 2.97. The highest BCUT2D eigenvalue weighted by Crippen LogP contribution is 2.36. The molecule has 0 fully saturated rings. The van der Waals surface area contributed by atoms with Crippen molar-refractivity contribution >= 4 is 28.5 Å². The van der Waals surface area contributed by atoms with Crippen LogP contribution in [0.15, 0.2) is 52.5 Å². The molecule has 0 bridgehead atoms. The number of hydrogen-bond acceptors (Lipinski definition) is 4. The van der Waals surface area contributed by atoms with Crippen molar-refractivity contribution < 1.29 is 4.74 Å². The van der Waals surface area contributed by atoms with Crippen LogP contribution in [0, 0.1) is 0 Å². The van der Waals surface area contributed by atoms with Crippen LogP contribution >= 0.6 is 11.8 Å². The summed E-state index contributed by atoms with van der Waals surface area (Å²) in [6, 6.07) is 13.8. The second-order valence-electron chi connectivity index (χ2n) is 4.68. The molecule has 0 radical (unpaired) electrons. The van der Waals surface area contributed by atoms with Gasteiger partial charge in [0.1, 0.15) is 5.75 Å². The van der Waals surface area contributed by atoms with Gasteiger partial charge in [0.25, 0.3) is 0 Å². The zero-order valence-corrected chi connectivity index (χ0v) is 12.6. The Kier molecular flexibility index (Phi) is 4.01. The molecule has 21 heavy (non-hydrogen) atoms. The van der Waals surface area contributed by atoms with E-state index in [0.29, 0.717) is 12.3 Å². The number of imidazole rings is 1. The number of fused-ring (bicyclic) bond motifs is 1. The second kappa shape index (κ2) is 6.10. The Balaban J connectivity index is 1.87. The van der Waals surface area contributed by atoms with Crippen molar-refractivity contribution in [1.29, 1.82) is 0 Å². The van der Waals surface area contributed by atoms with Gasteiger partial charge < -0.3 is 15.5 Å². The zero-order valence-electron chi connectivity index (χ0n) is 11.8. The Bertz CT molecular complexity index is 721. The molecule has 4 nitrogen and oxygen atoms in total. The summed E-state index contributed by atoms with van der Waals surface area (Å²) in [6.07, 6.45) is 0.959. The van der Waals surface area contributed by atoms with E-state index in [1.807, 2.05) is 42.5 Å². The maximum atomic E-state index is 6.18. The van der Waals surface area contributed by atoms with E-state index in [4.69, 9.17) is 10.5 Å². The fraction of sp³-hybridized carbons (Fsp3) is 0.188. The van der Waals surface area contributed by atoms with Crippen LogP contribution in [0.5, 0.6) is 5.75 Å². The maximum Gasteiger partial charge on any atom is 0.171 e. The summed E-state index contributed by atoms with van der Waals surface area (Å²) in [5.41, 5.74) is 8.82. The third-order valence-corrected chi connectivity index (χ3v) is 4.02. The summed E-state index contributed by atoms with van der Waals surface area (Å²) in [4.78, 5) is 8.79. The van der Waals surface area contributed by atoms with Gasteiger partial charge in [-0.15, -0.1) is 0 Å². The van der Waals surface area contributed by atoms with Gasteiger partial charge in [0.05, 0.1) is 23.3 Å². The number of anilines is 1. The van der Waals surface area contributed by atoms with E-state index in [0.717, 1.165) is 33.3 Å². The molecule has 1 heterocycles. The summed E-state index contributed by atoms with van der Waals surface area (Å²) in [6.45, 7) is 2.74. The van der Waals surface area contributed by atoms with Crippen molar-refractivity contribution in [2.24, 2.45) is 0 Å². The zero-order chi connectivity index (χ0) is 14.7. The number of nitrogens with two attached hydrogens (primary N) is 1. The second-order valence-corrected chi connectivity index (χ2v) is 5.71. The van der Waals surface area contributed by atoms with Gasteiger partial charge >= 0.3 is 0 Å². The van der Waals surface area contributed by atoms with Gasteiger partial charge in [-0.2, -0.15) is 0 Å². The first kappa shape index (κ1) is 13.8. The first-order chi connectivity index (χ1) is 10.3. The van der Waals surface area contributed by atoms with Gasteiger partial charge in [-0.3, -0.25) is 0 Å². The number of ether oxygens (including phenoxy) is 1. The number of nitrogens with one attached hydrogen (secondary N) is 1. The number of H-pyrrole nitrogens is 1. The Morgan fingerprint density at radius 3 is 2.86 bits per heavy atom. The van der Waals surface area contributed by atoms with Crippen molar-refractivity contribution in [3.8, 4) is 5.75 Å². The van der Waals surface area contributed by atoms with Gasteiger partial charge in [0, 0.05) is 4.90 Å². The summed E-state index contributed by atoms with van der Waals surface area (Å²) in [5, 5.41) is 0.829. The Hall–Kier alpha value is -2.14. The highest BCUT2D eigenvalue weighted by atomic mass is 32.2. The van der Waals surface area contributed by atoms with E-state index in [1.165, 1.54) is 11.8 Å². The molecule has 0 aliphatic heterocycles. The predicted octanol–water partition coefficient (Wildman–Crippen LogP) is 4.09. The lowest BCUT2D eigenvalue weighted by molar-refractivity contribution is 0.318. The largest absolute Gasteiger partial charge is 0.491 e. The molecule has 3 N–H and O–H groups in total. The van der Waals surface area contributed by atoms with Crippen molar-refractivity contribution in [1.82, 2.24) is 9.97 Å². The molecular weight excluding hydrogens is 282 g/mol. The molecule has 0 atom stereocenters. The molecule has 0 saturated heterocycles. The molecule has 1 aromatic heterocycles. The van der Waals surface area contributed by atoms with E-state index < -0.39 is 0 Å². The summed E-state index contributed by atoms with van der Waals surface area (Å²) < 4.78 is 5.65. The number of aromatic nitrogens is 2. The Morgan fingerprint density at radius 2 is 2.05 bits per heavy atom. The minimum atomic E-state index is 0.663. The highest BCUT2D eigenvalue weighted by Gasteiger charge is 2.10. The molecule has 0 saturated carbocycles. The molecule has 0 aliphatic rings. The van der Waals surface area contributed by atoms with Crippen LogP contribution in [0.2, 0.25) is 0 Å². The Labute approximate surface area is 127 Å². The number of nitrogens with zero attached hydrogens (tertiary/aromatic N) is 1. The van der Waals surface area contributed by atoms with Crippen LogP contribution in [-0.2, 0) is 0 Å². The quantitative estimate of drug-likeness (QED) is 0.697. The van der Waals surface area contributed by atoms with Gasteiger partial charge in [-0.25, -0.2) is 4.98 Å². The van der Waals surface area contributed by atoms with E-state index in [2.05, 4.69) is 16.9 Å². The number of nitrogen functional groups attached to an aromatic ring is 1. The first-order valence-electron chi connectivity index (χ1n) is 6.92. The maximum absolute atomic E-state index is 6.18. The lowest BCUT2D eigenvalue weighted by Crippen LogP contribution is -2.00. The molecule has 5 heteroatoms. The third-order valence-electron chi connectivity index (χ3n) is 3.06. The predicted molar refractivity (Wildman–Crippen MR) is 86.9 cm³/mol. The monoisotopic (exact) mass is 299 g/mol. The van der Waals surface area contributed by atoms with E-state index in [9.17, 15) is 0 Å². The number of aromatic amines is 1. The van der Waals surface area contributed by atoms with Crippen LogP contribution in [0.25, 0.3) is 11.0 Å².